The van der Waals surface area contributed by atoms with Crippen molar-refractivity contribution in [3.8, 4) is 5.75 Å². The van der Waals surface area contributed by atoms with Gasteiger partial charge in [0.1, 0.15) is 11.6 Å². The van der Waals surface area contributed by atoms with Gasteiger partial charge in [0.2, 0.25) is 0 Å². The molecule has 5 heteroatoms. The summed E-state index contributed by atoms with van der Waals surface area (Å²) in [4.78, 5) is 0. The molecule has 1 saturated heterocycles. The summed E-state index contributed by atoms with van der Waals surface area (Å²) in [7, 11) is 0. The van der Waals surface area contributed by atoms with Crippen molar-refractivity contribution in [1.82, 2.24) is 5.32 Å². The summed E-state index contributed by atoms with van der Waals surface area (Å²) < 4.78 is 20.8. The molecule has 2 heterocycles. The number of rotatable bonds is 2. The first kappa shape index (κ1) is 14.5. The van der Waals surface area contributed by atoms with Crippen molar-refractivity contribution in [3.05, 3.63) is 62.8 Å². The van der Waals surface area contributed by atoms with Crippen molar-refractivity contribution in [2.24, 2.45) is 0 Å². The van der Waals surface area contributed by atoms with Gasteiger partial charge < -0.3 is 10.1 Å². The molecule has 0 spiro atoms. The minimum absolute atomic E-state index is 0.118. The van der Waals surface area contributed by atoms with E-state index in [1.807, 2.05) is 18.2 Å². The number of hydrogen-bond donors (Lipinski definition) is 1. The Kier molecular flexibility index (Phi) is 3.44. The van der Waals surface area contributed by atoms with E-state index in [0.717, 1.165) is 24.1 Å². The molecule has 0 aliphatic carbocycles. The normalized spacial score (nSPS) is 26.2. The van der Waals surface area contributed by atoms with Gasteiger partial charge in [-0.2, -0.15) is 0 Å². The van der Waals surface area contributed by atoms with Gasteiger partial charge in [-0.3, -0.25) is 0 Å². The van der Waals surface area contributed by atoms with Crippen LogP contribution in [-0.2, 0) is 12.0 Å². The quantitative estimate of drug-likeness (QED) is 0.776. The summed E-state index contributed by atoms with van der Waals surface area (Å²) in [5.74, 6) is 0.115. The molecule has 2 nitrogen and oxygen atoms in total. The predicted molar refractivity (Wildman–Crippen MR) is 88.0 cm³/mol. The van der Waals surface area contributed by atoms with Crippen LogP contribution in [0.3, 0.4) is 0 Å². The van der Waals surface area contributed by atoms with E-state index < -0.39 is 11.4 Å². The summed E-state index contributed by atoms with van der Waals surface area (Å²) >= 11 is 9.46. The zero-order chi connectivity index (χ0) is 15.3. The molecule has 2 unspecified atom stereocenters. The van der Waals surface area contributed by atoms with Gasteiger partial charge in [0.05, 0.1) is 11.1 Å². The molecular weight excluding hydrogens is 369 g/mol. The van der Waals surface area contributed by atoms with Crippen LogP contribution in [0.1, 0.15) is 17.5 Å². The van der Waals surface area contributed by atoms with Gasteiger partial charge in [-0.25, -0.2) is 4.39 Å². The second-order valence-corrected chi connectivity index (χ2v) is 6.96. The minimum Gasteiger partial charge on any atom is -0.480 e. The van der Waals surface area contributed by atoms with E-state index in [4.69, 9.17) is 16.3 Å². The molecule has 2 aromatic carbocycles. The van der Waals surface area contributed by atoms with E-state index in [1.165, 1.54) is 6.07 Å². The fourth-order valence-corrected chi connectivity index (χ4v) is 4.02. The maximum Gasteiger partial charge on any atom is 0.153 e. The van der Waals surface area contributed by atoms with Crippen molar-refractivity contribution in [3.63, 3.8) is 0 Å². The van der Waals surface area contributed by atoms with Crippen molar-refractivity contribution in [2.45, 2.75) is 24.5 Å². The molecule has 2 aromatic rings. The van der Waals surface area contributed by atoms with Gasteiger partial charge in [-0.15, -0.1) is 0 Å². The molecule has 0 bridgehead atoms. The SMILES string of the molecule is Fc1cc2c(c(Br)c1Cl)CC(c1ccccc1)(C1CCN1)O2. The highest BCUT2D eigenvalue weighted by Gasteiger charge is 2.50. The van der Waals surface area contributed by atoms with E-state index in [9.17, 15) is 4.39 Å². The Morgan fingerprint density at radius 1 is 1.32 bits per heavy atom. The van der Waals surface area contributed by atoms with Crippen LogP contribution < -0.4 is 10.1 Å². The molecule has 0 saturated carbocycles. The minimum atomic E-state index is -0.499. The first-order valence-electron chi connectivity index (χ1n) is 7.26. The van der Waals surface area contributed by atoms with Crippen LogP contribution in [0, 0.1) is 5.82 Å². The van der Waals surface area contributed by atoms with Crippen molar-refractivity contribution in [2.75, 3.05) is 6.54 Å². The number of fused-ring (bicyclic) bond motifs is 1. The molecule has 0 radical (unpaired) electrons. The van der Waals surface area contributed by atoms with E-state index in [0.29, 0.717) is 16.6 Å². The molecular formula is C17H14BrClFNO. The Bertz CT molecular complexity index is 735. The molecule has 1 N–H and O–H groups in total. The van der Waals surface area contributed by atoms with E-state index in [-0.39, 0.29) is 11.1 Å². The third kappa shape index (κ3) is 2.01. The third-order valence-electron chi connectivity index (χ3n) is 4.60. The first-order chi connectivity index (χ1) is 10.6. The number of halogens is 3. The number of nitrogens with one attached hydrogen (secondary N) is 1. The molecule has 22 heavy (non-hydrogen) atoms. The van der Waals surface area contributed by atoms with E-state index >= 15 is 0 Å². The first-order valence-corrected chi connectivity index (χ1v) is 8.43. The monoisotopic (exact) mass is 381 g/mol. The van der Waals surface area contributed by atoms with E-state index in [2.05, 4.69) is 33.4 Å². The molecule has 114 valence electrons. The number of hydrogen-bond acceptors (Lipinski definition) is 2. The summed E-state index contributed by atoms with van der Waals surface area (Å²) in [5.41, 5.74) is 1.54. The van der Waals surface area contributed by atoms with E-state index in [1.54, 1.807) is 0 Å². The lowest BCUT2D eigenvalue weighted by atomic mass is 9.78. The number of ether oxygens (including phenoxy) is 1. The Hall–Kier alpha value is -1.10. The second-order valence-electron chi connectivity index (χ2n) is 5.79. The Morgan fingerprint density at radius 3 is 2.68 bits per heavy atom. The largest absolute Gasteiger partial charge is 0.480 e. The van der Waals surface area contributed by atoms with Gasteiger partial charge in [0.15, 0.2) is 5.60 Å². The van der Waals surface area contributed by atoms with Crippen LogP contribution in [0.2, 0.25) is 5.02 Å². The van der Waals surface area contributed by atoms with Gasteiger partial charge in [-0.1, -0.05) is 41.9 Å². The summed E-state index contributed by atoms with van der Waals surface area (Å²) in [5, 5.41) is 3.56. The third-order valence-corrected chi connectivity index (χ3v) is 6.08. The van der Waals surface area contributed by atoms with Crippen LogP contribution in [0.5, 0.6) is 5.75 Å². The Morgan fingerprint density at radius 2 is 2.05 bits per heavy atom. The zero-order valence-electron chi connectivity index (χ0n) is 11.7. The molecule has 2 atom stereocenters. The Labute approximate surface area is 141 Å². The van der Waals surface area contributed by atoms with Crippen LogP contribution >= 0.6 is 27.5 Å². The highest BCUT2D eigenvalue weighted by Crippen LogP contribution is 2.50. The lowest BCUT2D eigenvalue weighted by molar-refractivity contribution is 0.0189. The zero-order valence-corrected chi connectivity index (χ0v) is 14.0. The fraction of sp³-hybridized carbons (Fsp3) is 0.294. The average molecular weight is 383 g/mol. The van der Waals surface area contributed by atoms with Crippen LogP contribution in [0.4, 0.5) is 4.39 Å². The van der Waals surface area contributed by atoms with Crippen molar-refractivity contribution < 1.29 is 9.13 Å². The topological polar surface area (TPSA) is 21.3 Å². The number of benzene rings is 2. The molecule has 0 amide bonds. The molecule has 2 aliphatic heterocycles. The maximum atomic E-state index is 13.9. The van der Waals surface area contributed by atoms with Gasteiger partial charge in [-0.05, 0) is 34.5 Å². The lowest BCUT2D eigenvalue weighted by Gasteiger charge is -2.43. The second kappa shape index (κ2) is 5.22. The summed E-state index contributed by atoms with van der Waals surface area (Å²) in [6.45, 7) is 0.981. The highest BCUT2D eigenvalue weighted by atomic mass is 79.9. The molecule has 1 fully saturated rings. The van der Waals surface area contributed by atoms with Crippen LogP contribution in [0.15, 0.2) is 40.9 Å². The smallest absolute Gasteiger partial charge is 0.153 e. The maximum absolute atomic E-state index is 13.9. The Balaban J connectivity index is 1.84. The van der Waals surface area contributed by atoms with Gasteiger partial charge >= 0.3 is 0 Å². The summed E-state index contributed by atoms with van der Waals surface area (Å²) in [6.07, 6.45) is 1.71. The van der Waals surface area contributed by atoms with Crippen LogP contribution in [0.25, 0.3) is 0 Å². The highest BCUT2D eigenvalue weighted by molar-refractivity contribution is 9.10. The lowest BCUT2D eigenvalue weighted by Crippen LogP contribution is -2.59. The molecule has 0 aromatic heterocycles. The predicted octanol–water partition coefficient (Wildman–Crippen LogP) is 4.43. The van der Waals surface area contributed by atoms with Gasteiger partial charge in [0.25, 0.3) is 0 Å². The van der Waals surface area contributed by atoms with Gasteiger partial charge in [0, 0.05) is 22.5 Å². The van der Waals surface area contributed by atoms with Crippen molar-refractivity contribution >= 4 is 27.5 Å². The standard InChI is InChI=1S/C17H14BrClFNO/c18-15-11-9-17(14-6-7-21-14,10-4-2-1-3-5-10)22-13(11)8-12(20)16(15)19/h1-5,8,14,21H,6-7,9H2. The summed E-state index contributed by atoms with van der Waals surface area (Å²) in [6, 6.07) is 11.7. The van der Waals surface area contributed by atoms with Crippen molar-refractivity contribution in [1.29, 1.82) is 0 Å². The average Bonchev–Trinajstić information content (AvgIpc) is 2.84. The molecule has 2 aliphatic rings. The molecule has 4 rings (SSSR count). The fourth-order valence-electron chi connectivity index (χ4n) is 3.33. The van der Waals surface area contributed by atoms with Crippen LogP contribution in [-0.4, -0.2) is 12.6 Å².